The van der Waals surface area contributed by atoms with Gasteiger partial charge in [0.05, 0.1) is 6.67 Å². The number of phenolic OH excluding ortho intramolecular Hbond substituents is 1. The van der Waals surface area contributed by atoms with Crippen molar-refractivity contribution in [3.8, 4) is 11.5 Å². The minimum Gasteiger partial charge on any atom is -0.508 e. The summed E-state index contributed by atoms with van der Waals surface area (Å²) >= 11 is 0. The first-order valence-corrected chi connectivity index (χ1v) is 13.0. The number of hydrogen-bond donors (Lipinski definition) is 1. The molecule has 200 valence electrons. The van der Waals surface area contributed by atoms with Crippen molar-refractivity contribution in [2.45, 2.75) is 44.4 Å². The maximum absolute atomic E-state index is 13.1. The van der Waals surface area contributed by atoms with Crippen LogP contribution >= 0.6 is 0 Å². The molecule has 2 aromatic carbocycles. The summed E-state index contributed by atoms with van der Waals surface area (Å²) in [5, 5.41) is 10.1. The van der Waals surface area contributed by atoms with Crippen molar-refractivity contribution in [1.82, 2.24) is 9.88 Å². The number of pyridine rings is 1. The Morgan fingerprint density at radius 2 is 1.79 bits per heavy atom. The Hall–Kier alpha value is -3.39. The molecule has 5 rings (SSSR count). The van der Waals surface area contributed by atoms with Gasteiger partial charge in [0.15, 0.2) is 0 Å². The van der Waals surface area contributed by atoms with Gasteiger partial charge in [-0.25, -0.2) is 0 Å². The zero-order valence-electron chi connectivity index (χ0n) is 21.0. The molecule has 0 spiro atoms. The fraction of sp³-hybridized carbons (Fsp3) is 0.367. The highest BCUT2D eigenvalue weighted by Crippen LogP contribution is 2.41. The molecule has 1 fully saturated rings. The number of benzene rings is 2. The minimum atomic E-state index is -4.50. The van der Waals surface area contributed by atoms with Crippen LogP contribution < -0.4 is 4.74 Å². The molecule has 0 radical (unpaired) electrons. The number of fused-ring (bicyclic) bond motifs is 1. The minimum absolute atomic E-state index is 0.0510. The molecule has 8 heteroatoms. The molecule has 1 aliphatic heterocycles. The van der Waals surface area contributed by atoms with Crippen LogP contribution in [-0.4, -0.2) is 47.4 Å². The van der Waals surface area contributed by atoms with Gasteiger partial charge in [-0.2, -0.15) is 13.2 Å². The van der Waals surface area contributed by atoms with Crippen LogP contribution in [-0.2, 0) is 12.6 Å². The van der Waals surface area contributed by atoms with Crippen LogP contribution in [0, 0.1) is 0 Å². The second-order valence-corrected chi connectivity index (χ2v) is 9.87. The SMILES string of the molecule is Oc1ccc2c(c1)CCCC(c1ccc(C(F)(F)F)nc1)=C2c1ccc(OC2CCN(CCCF)C2)cc1. The van der Waals surface area contributed by atoms with E-state index in [0.717, 1.165) is 78.5 Å². The molecule has 1 aliphatic carbocycles. The first-order valence-electron chi connectivity index (χ1n) is 13.0. The maximum Gasteiger partial charge on any atom is 0.433 e. The van der Waals surface area contributed by atoms with E-state index in [4.69, 9.17) is 4.74 Å². The van der Waals surface area contributed by atoms with E-state index in [1.807, 2.05) is 30.3 Å². The van der Waals surface area contributed by atoms with Crippen molar-refractivity contribution in [1.29, 1.82) is 0 Å². The number of alkyl halides is 4. The summed E-state index contributed by atoms with van der Waals surface area (Å²) in [5.74, 6) is 0.924. The highest BCUT2D eigenvalue weighted by molar-refractivity contribution is 5.99. The lowest BCUT2D eigenvalue weighted by Crippen LogP contribution is -2.26. The van der Waals surface area contributed by atoms with Gasteiger partial charge in [-0.3, -0.25) is 14.3 Å². The van der Waals surface area contributed by atoms with Gasteiger partial charge in [-0.15, -0.1) is 0 Å². The summed E-state index contributed by atoms with van der Waals surface area (Å²) in [7, 11) is 0. The van der Waals surface area contributed by atoms with E-state index in [1.165, 1.54) is 12.3 Å². The molecule has 1 saturated heterocycles. The van der Waals surface area contributed by atoms with E-state index >= 15 is 0 Å². The van der Waals surface area contributed by atoms with Gasteiger partial charge >= 0.3 is 6.18 Å². The largest absolute Gasteiger partial charge is 0.508 e. The van der Waals surface area contributed by atoms with Crippen molar-refractivity contribution in [2.24, 2.45) is 0 Å². The van der Waals surface area contributed by atoms with Gasteiger partial charge in [-0.1, -0.05) is 24.3 Å². The molecule has 4 nitrogen and oxygen atoms in total. The quantitative estimate of drug-likeness (QED) is 0.340. The fourth-order valence-corrected chi connectivity index (χ4v) is 5.40. The number of halogens is 4. The summed E-state index contributed by atoms with van der Waals surface area (Å²) in [5.41, 5.74) is 4.43. The number of nitrogens with zero attached hydrogens (tertiary/aromatic N) is 2. The summed E-state index contributed by atoms with van der Waals surface area (Å²) in [6, 6.07) is 15.6. The highest BCUT2D eigenvalue weighted by Gasteiger charge is 2.32. The molecule has 1 aromatic heterocycles. The van der Waals surface area contributed by atoms with Crippen molar-refractivity contribution in [2.75, 3.05) is 26.3 Å². The zero-order valence-corrected chi connectivity index (χ0v) is 21.0. The Balaban J connectivity index is 1.47. The Labute approximate surface area is 219 Å². The number of phenols is 1. The lowest BCUT2D eigenvalue weighted by Gasteiger charge is -2.19. The van der Waals surface area contributed by atoms with Gasteiger partial charge in [0.1, 0.15) is 23.3 Å². The summed E-state index contributed by atoms with van der Waals surface area (Å²) in [6.45, 7) is 2.09. The van der Waals surface area contributed by atoms with E-state index in [9.17, 15) is 22.7 Å². The van der Waals surface area contributed by atoms with Crippen LogP contribution in [0.3, 0.4) is 0 Å². The molecule has 0 amide bonds. The van der Waals surface area contributed by atoms with Gasteiger partial charge in [-0.05, 0) is 95.8 Å². The average Bonchev–Trinajstić information content (AvgIpc) is 3.26. The third-order valence-electron chi connectivity index (χ3n) is 7.22. The lowest BCUT2D eigenvalue weighted by atomic mass is 9.88. The number of likely N-dealkylation sites (tertiary alicyclic amines) is 1. The average molecular weight is 527 g/mol. The number of aryl methyl sites for hydroxylation is 1. The molecular weight excluding hydrogens is 496 g/mol. The van der Waals surface area contributed by atoms with Crippen molar-refractivity contribution >= 4 is 11.1 Å². The molecule has 0 saturated carbocycles. The standard InChI is InChI=1S/C30H30F4N2O2/c31-14-2-15-36-16-13-25(19-36)38-24-9-5-20(6-10-24)29-26(22-7-12-28(35-18-22)30(32,33)34)4-1-3-21-17-23(37)8-11-27(21)29/h5-12,17-18,25,37H,1-4,13-16,19H2. The highest BCUT2D eigenvalue weighted by atomic mass is 19.4. The van der Waals surface area contributed by atoms with Gasteiger partial charge < -0.3 is 9.84 Å². The van der Waals surface area contributed by atoms with Gasteiger partial charge in [0, 0.05) is 25.8 Å². The molecule has 38 heavy (non-hydrogen) atoms. The monoisotopic (exact) mass is 526 g/mol. The van der Waals surface area contributed by atoms with E-state index in [-0.39, 0.29) is 18.5 Å². The van der Waals surface area contributed by atoms with Crippen molar-refractivity contribution in [3.63, 3.8) is 0 Å². The van der Waals surface area contributed by atoms with Crippen LogP contribution in [0.15, 0.2) is 60.8 Å². The van der Waals surface area contributed by atoms with Crippen LogP contribution in [0.4, 0.5) is 17.6 Å². The van der Waals surface area contributed by atoms with Gasteiger partial charge in [0.2, 0.25) is 0 Å². The number of rotatable bonds is 7. The van der Waals surface area contributed by atoms with E-state index in [2.05, 4.69) is 9.88 Å². The number of aromatic hydroxyl groups is 1. The Morgan fingerprint density at radius 1 is 1.00 bits per heavy atom. The van der Waals surface area contributed by atoms with Crippen molar-refractivity contribution in [3.05, 3.63) is 88.7 Å². The molecular formula is C30H30F4N2O2. The van der Waals surface area contributed by atoms with Crippen LogP contribution in [0.25, 0.3) is 11.1 Å². The van der Waals surface area contributed by atoms with Crippen LogP contribution in [0.2, 0.25) is 0 Å². The molecule has 0 bridgehead atoms. The summed E-state index contributed by atoms with van der Waals surface area (Å²) < 4.78 is 58.1. The Bertz CT molecular complexity index is 1290. The predicted octanol–water partition coefficient (Wildman–Crippen LogP) is 6.91. The predicted molar refractivity (Wildman–Crippen MR) is 139 cm³/mol. The maximum atomic E-state index is 13.1. The second kappa shape index (κ2) is 11.2. The molecule has 3 aromatic rings. The topological polar surface area (TPSA) is 45.6 Å². The lowest BCUT2D eigenvalue weighted by molar-refractivity contribution is -0.141. The molecule has 2 aliphatic rings. The third-order valence-corrected chi connectivity index (χ3v) is 7.22. The Morgan fingerprint density at radius 3 is 2.50 bits per heavy atom. The summed E-state index contributed by atoms with van der Waals surface area (Å²) in [4.78, 5) is 5.92. The first-order chi connectivity index (χ1) is 18.3. The van der Waals surface area contributed by atoms with E-state index in [0.29, 0.717) is 18.4 Å². The summed E-state index contributed by atoms with van der Waals surface area (Å²) in [6.07, 6.45) is 0.471. The van der Waals surface area contributed by atoms with E-state index in [1.54, 1.807) is 12.1 Å². The second-order valence-electron chi connectivity index (χ2n) is 9.87. The van der Waals surface area contributed by atoms with E-state index < -0.39 is 11.9 Å². The molecule has 1 N–H and O–H groups in total. The number of allylic oxidation sites excluding steroid dienone is 1. The zero-order chi connectivity index (χ0) is 26.7. The fourth-order valence-electron chi connectivity index (χ4n) is 5.40. The molecule has 1 unspecified atom stereocenters. The number of aromatic nitrogens is 1. The normalized spacial score (nSPS) is 18.4. The first kappa shape index (κ1) is 26.2. The third kappa shape index (κ3) is 5.85. The van der Waals surface area contributed by atoms with Crippen molar-refractivity contribution < 1.29 is 27.4 Å². The number of hydrogen-bond acceptors (Lipinski definition) is 4. The van der Waals surface area contributed by atoms with Gasteiger partial charge in [0.25, 0.3) is 0 Å². The Kier molecular flexibility index (Phi) is 7.70. The molecule has 1 atom stereocenters. The smallest absolute Gasteiger partial charge is 0.433 e. The molecule has 2 heterocycles. The van der Waals surface area contributed by atoms with Crippen LogP contribution in [0.1, 0.15) is 53.6 Å². The van der Waals surface area contributed by atoms with Crippen LogP contribution in [0.5, 0.6) is 11.5 Å². The number of ether oxygens (including phenoxy) is 1.